The maximum Gasteiger partial charge on any atom is 0.340 e. The van der Waals surface area contributed by atoms with E-state index in [0.717, 1.165) is 25.7 Å². The third-order valence-corrected chi connectivity index (χ3v) is 8.29. The van der Waals surface area contributed by atoms with E-state index in [1.807, 2.05) is 13.8 Å². The summed E-state index contributed by atoms with van der Waals surface area (Å²) in [6, 6.07) is 0. The van der Waals surface area contributed by atoms with Crippen molar-refractivity contribution in [2.24, 2.45) is 29.1 Å². The Kier molecular flexibility index (Phi) is 5.09. The molecule has 0 radical (unpaired) electrons. The van der Waals surface area contributed by atoms with Gasteiger partial charge in [-0.2, -0.15) is 0 Å². The van der Waals surface area contributed by atoms with E-state index < -0.39 is 5.60 Å². The highest BCUT2D eigenvalue weighted by molar-refractivity contribution is 5.81. The minimum Gasteiger partial charge on any atom is -0.463 e. The van der Waals surface area contributed by atoms with Crippen molar-refractivity contribution in [3.8, 4) is 0 Å². The number of ether oxygens (including phenoxy) is 3. The van der Waals surface area contributed by atoms with Crippen LogP contribution < -0.4 is 0 Å². The molecule has 4 rings (SSSR count). The molecule has 2 saturated heterocycles. The lowest BCUT2D eigenvalue weighted by Crippen LogP contribution is -2.63. The predicted octanol–water partition coefficient (Wildman–Crippen LogP) is 3.33. The van der Waals surface area contributed by atoms with Gasteiger partial charge >= 0.3 is 5.97 Å². The van der Waals surface area contributed by atoms with Crippen LogP contribution in [-0.2, 0) is 19.0 Å². The van der Waals surface area contributed by atoms with Crippen LogP contribution >= 0.6 is 0 Å². The van der Waals surface area contributed by atoms with Crippen LogP contribution in [0.5, 0.6) is 0 Å². The van der Waals surface area contributed by atoms with Crippen LogP contribution in [0.25, 0.3) is 0 Å². The molecule has 5 heteroatoms. The Labute approximate surface area is 163 Å². The first-order valence-corrected chi connectivity index (χ1v) is 10.9. The first kappa shape index (κ1) is 19.7. The molecule has 4 fully saturated rings. The Bertz CT molecular complexity index is 579. The number of esters is 1. The first-order valence-electron chi connectivity index (χ1n) is 10.9. The van der Waals surface area contributed by atoms with E-state index in [0.29, 0.717) is 31.0 Å². The first-order chi connectivity index (χ1) is 12.8. The molecule has 4 aliphatic rings. The van der Waals surface area contributed by atoms with Crippen LogP contribution in [0, 0.1) is 29.1 Å². The summed E-state index contributed by atoms with van der Waals surface area (Å²) in [6.45, 7) is 9.48. The molecule has 2 saturated carbocycles. The van der Waals surface area contributed by atoms with E-state index in [1.165, 1.54) is 12.8 Å². The van der Waals surface area contributed by atoms with Gasteiger partial charge in [-0.1, -0.05) is 20.3 Å². The lowest BCUT2D eigenvalue weighted by Gasteiger charge is -2.49. The molecule has 0 aromatic rings. The third-order valence-electron chi connectivity index (χ3n) is 8.29. The maximum absolute atomic E-state index is 12.4. The molecule has 154 valence electrons. The summed E-state index contributed by atoms with van der Waals surface area (Å²) >= 11 is 0. The number of hydrogen-bond donors (Lipinski definition) is 1. The summed E-state index contributed by atoms with van der Waals surface area (Å²) < 4.78 is 17.7. The van der Waals surface area contributed by atoms with Crippen LogP contribution in [0.1, 0.15) is 66.2 Å². The molecule has 1 N–H and O–H groups in total. The molecular formula is C22H36O5. The topological polar surface area (TPSA) is 65.0 Å². The number of cyclic esters (lactones) is 1. The summed E-state index contributed by atoms with van der Waals surface area (Å²) in [5.41, 5.74) is -0.742. The number of aliphatic hydroxyl groups excluding tert-OH is 1. The van der Waals surface area contributed by atoms with Gasteiger partial charge in [0.2, 0.25) is 0 Å². The van der Waals surface area contributed by atoms with Crippen LogP contribution in [0.2, 0.25) is 0 Å². The SMILES string of the molecule is CC1CO[C@@H]2[C@H](C[C@@H](C)[C@H]3CCC4[C@@H](O)CCC[C@@]43C)COC(=O)[C@]2(C)O1. The zero-order chi connectivity index (χ0) is 19.4. The van der Waals surface area contributed by atoms with Crippen LogP contribution in [0.3, 0.4) is 0 Å². The summed E-state index contributed by atoms with van der Waals surface area (Å²) in [4.78, 5) is 12.4. The van der Waals surface area contributed by atoms with Gasteiger partial charge in [0.1, 0.15) is 6.10 Å². The molecule has 0 amide bonds. The average molecular weight is 381 g/mol. The van der Waals surface area contributed by atoms with Crippen molar-refractivity contribution in [2.75, 3.05) is 13.2 Å². The molecule has 0 bridgehead atoms. The van der Waals surface area contributed by atoms with Crippen molar-refractivity contribution in [1.82, 2.24) is 0 Å². The largest absolute Gasteiger partial charge is 0.463 e. The van der Waals surface area contributed by atoms with Gasteiger partial charge in [-0.15, -0.1) is 0 Å². The minimum absolute atomic E-state index is 0.0896. The van der Waals surface area contributed by atoms with Gasteiger partial charge in [0.05, 0.1) is 25.4 Å². The molecule has 9 atom stereocenters. The molecular weight excluding hydrogens is 344 g/mol. The standard InChI is InChI=1S/C22H36O5/c1-13(16-7-8-17-18(23)6-5-9-21(16,17)3)10-15-12-26-20(24)22(4)19(15)25-11-14(2)27-22/h13-19,23H,5-12H2,1-4H3/t13-,14?,15-,16-,17?,18+,19-,21-,22-/m1/s1. The van der Waals surface area contributed by atoms with E-state index >= 15 is 0 Å². The number of hydrogen-bond acceptors (Lipinski definition) is 5. The van der Waals surface area contributed by atoms with E-state index in [1.54, 1.807) is 0 Å². The van der Waals surface area contributed by atoms with Gasteiger partial charge in [0, 0.05) is 5.92 Å². The van der Waals surface area contributed by atoms with Gasteiger partial charge < -0.3 is 19.3 Å². The van der Waals surface area contributed by atoms with E-state index in [9.17, 15) is 9.90 Å². The second kappa shape index (κ2) is 7.00. The number of carbonyl (C=O) groups excluding carboxylic acids is 1. The molecule has 5 nitrogen and oxygen atoms in total. The number of carbonyl (C=O) groups is 1. The Morgan fingerprint density at radius 1 is 1.22 bits per heavy atom. The van der Waals surface area contributed by atoms with Crippen molar-refractivity contribution in [1.29, 1.82) is 0 Å². The Balaban J connectivity index is 1.48. The highest BCUT2D eigenvalue weighted by Gasteiger charge is 2.57. The van der Waals surface area contributed by atoms with E-state index in [2.05, 4.69) is 13.8 Å². The van der Waals surface area contributed by atoms with Crippen LogP contribution in [0.15, 0.2) is 0 Å². The van der Waals surface area contributed by atoms with Crippen molar-refractivity contribution in [3.63, 3.8) is 0 Å². The number of rotatable bonds is 3. The highest BCUT2D eigenvalue weighted by atomic mass is 16.6. The Morgan fingerprint density at radius 2 is 2.00 bits per heavy atom. The Morgan fingerprint density at radius 3 is 2.78 bits per heavy atom. The minimum atomic E-state index is -0.983. The summed E-state index contributed by atoms with van der Waals surface area (Å²) in [6.07, 6.45) is 6.20. The molecule has 27 heavy (non-hydrogen) atoms. The molecule has 0 aromatic carbocycles. The molecule has 0 aromatic heterocycles. The zero-order valence-electron chi connectivity index (χ0n) is 17.3. The fourth-order valence-electron chi connectivity index (χ4n) is 7.04. The molecule has 2 aliphatic carbocycles. The fourth-order valence-corrected chi connectivity index (χ4v) is 7.04. The molecule has 0 spiro atoms. The van der Waals surface area contributed by atoms with Crippen molar-refractivity contribution < 1.29 is 24.1 Å². The lowest BCUT2D eigenvalue weighted by molar-refractivity contribution is -0.268. The van der Waals surface area contributed by atoms with Gasteiger partial charge in [-0.25, -0.2) is 4.79 Å². The number of fused-ring (bicyclic) bond motifs is 2. The van der Waals surface area contributed by atoms with Crippen molar-refractivity contribution in [3.05, 3.63) is 0 Å². The monoisotopic (exact) mass is 380 g/mol. The summed E-state index contributed by atoms with van der Waals surface area (Å²) in [5.74, 6) is 1.46. The Hall–Kier alpha value is -0.650. The third kappa shape index (κ3) is 3.14. The normalized spacial score (nSPS) is 51.2. The maximum atomic E-state index is 12.4. The summed E-state index contributed by atoms with van der Waals surface area (Å²) in [7, 11) is 0. The van der Waals surface area contributed by atoms with Gasteiger partial charge in [-0.3, -0.25) is 0 Å². The quantitative estimate of drug-likeness (QED) is 0.761. The van der Waals surface area contributed by atoms with Gasteiger partial charge in [0.25, 0.3) is 0 Å². The smallest absolute Gasteiger partial charge is 0.340 e. The predicted molar refractivity (Wildman–Crippen MR) is 101 cm³/mol. The second-order valence-corrected chi connectivity index (χ2v) is 10.1. The van der Waals surface area contributed by atoms with E-state index in [4.69, 9.17) is 14.2 Å². The average Bonchev–Trinajstić information content (AvgIpc) is 2.96. The molecule has 2 aliphatic heterocycles. The fraction of sp³-hybridized carbons (Fsp3) is 0.955. The lowest BCUT2D eigenvalue weighted by atomic mass is 9.61. The van der Waals surface area contributed by atoms with Crippen molar-refractivity contribution >= 4 is 5.97 Å². The van der Waals surface area contributed by atoms with Gasteiger partial charge in [0.15, 0.2) is 5.60 Å². The molecule has 2 heterocycles. The second-order valence-electron chi connectivity index (χ2n) is 10.1. The van der Waals surface area contributed by atoms with E-state index in [-0.39, 0.29) is 35.6 Å². The van der Waals surface area contributed by atoms with Crippen LogP contribution in [0.4, 0.5) is 0 Å². The van der Waals surface area contributed by atoms with Gasteiger partial charge in [-0.05, 0) is 69.1 Å². The van der Waals surface area contributed by atoms with Crippen LogP contribution in [-0.4, -0.2) is 48.2 Å². The number of aliphatic hydroxyl groups is 1. The highest BCUT2D eigenvalue weighted by Crippen LogP contribution is 2.58. The van der Waals surface area contributed by atoms with Crippen molar-refractivity contribution in [2.45, 2.75) is 90.1 Å². The zero-order valence-corrected chi connectivity index (χ0v) is 17.3. The molecule has 2 unspecified atom stereocenters. The summed E-state index contributed by atoms with van der Waals surface area (Å²) in [5, 5.41) is 10.5.